The van der Waals surface area contributed by atoms with Gasteiger partial charge in [-0.05, 0) is 27.2 Å². The summed E-state index contributed by atoms with van der Waals surface area (Å²) in [5, 5.41) is 0. The Balaban J connectivity index is 4.10. The number of carbonyl (C=O) groups is 1. The molecule has 0 heterocycles. The van der Waals surface area contributed by atoms with E-state index in [0.717, 1.165) is 0 Å². The molecule has 0 atom stereocenters. The Morgan fingerprint density at radius 2 is 1.79 bits per heavy atom. The summed E-state index contributed by atoms with van der Waals surface area (Å²) in [5.74, 6) is -0.333. The second-order valence-corrected chi connectivity index (χ2v) is 6.97. The predicted molar refractivity (Wildman–Crippen MR) is 54.8 cm³/mol. The highest BCUT2D eigenvalue weighted by Crippen LogP contribution is 2.17. The average molecular weight is 222 g/mol. The van der Waals surface area contributed by atoms with Crippen molar-refractivity contribution in [2.45, 2.75) is 38.4 Å². The van der Waals surface area contributed by atoms with Gasteiger partial charge in [-0.2, -0.15) is 0 Å². The van der Waals surface area contributed by atoms with Crippen molar-refractivity contribution in [1.29, 1.82) is 0 Å². The van der Waals surface area contributed by atoms with E-state index in [9.17, 15) is 13.2 Å². The van der Waals surface area contributed by atoms with Gasteiger partial charge in [0.05, 0.1) is 17.6 Å². The van der Waals surface area contributed by atoms with Crippen LogP contribution in [0.3, 0.4) is 0 Å². The zero-order valence-corrected chi connectivity index (χ0v) is 9.98. The van der Waals surface area contributed by atoms with Gasteiger partial charge in [0.2, 0.25) is 0 Å². The molecule has 84 valence electrons. The molecule has 0 aliphatic rings. The van der Waals surface area contributed by atoms with Crippen molar-refractivity contribution in [2.24, 2.45) is 0 Å². The third-order valence-electron chi connectivity index (χ3n) is 1.95. The second kappa shape index (κ2) is 4.77. The van der Waals surface area contributed by atoms with Crippen LogP contribution in [0.15, 0.2) is 0 Å². The lowest BCUT2D eigenvalue weighted by molar-refractivity contribution is -0.140. The summed E-state index contributed by atoms with van der Waals surface area (Å²) in [6, 6.07) is 0. The fraction of sp³-hybridized carbons (Fsp3) is 0.889. The van der Waals surface area contributed by atoms with E-state index >= 15 is 0 Å². The summed E-state index contributed by atoms with van der Waals surface area (Å²) >= 11 is 0. The maximum atomic E-state index is 11.6. The highest BCUT2D eigenvalue weighted by Gasteiger charge is 2.28. The highest BCUT2D eigenvalue weighted by molar-refractivity contribution is 7.92. The van der Waals surface area contributed by atoms with Crippen LogP contribution in [0.1, 0.15) is 33.6 Å². The van der Waals surface area contributed by atoms with Crippen molar-refractivity contribution in [3.63, 3.8) is 0 Å². The van der Waals surface area contributed by atoms with E-state index in [1.54, 1.807) is 20.8 Å². The van der Waals surface area contributed by atoms with Crippen molar-refractivity contribution in [3.05, 3.63) is 0 Å². The highest BCUT2D eigenvalue weighted by atomic mass is 32.2. The van der Waals surface area contributed by atoms with Gasteiger partial charge in [0.15, 0.2) is 9.84 Å². The van der Waals surface area contributed by atoms with Gasteiger partial charge in [-0.3, -0.25) is 4.79 Å². The van der Waals surface area contributed by atoms with Crippen LogP contribution >= 0.6 is 0 Å². The topological polar surface area (TPSA) is 60.4 Å². The normalized spacial score (nSPS) is 12.6. The number of ether oxygens (including phenoxy) is 1. The van der Waals surface area contributed by atoms with Crippen LogP contribution in [0.4, 0.5) is 0 Å². The van der Waals surface area contributed by atoms with Crippen LogP contribution in [-0.4, -0.2) is 32.0 Å². The third-order valence-corrected chi connectivity index (χ3v) is 4.65. The molecule has 0 aromatic carbocycles. The molecular formula is C9H18O4S. The van der Waals surface area contributed by atoms with Crippen molar-refractivity contribution in [3.8, 4) is 0 Å². The molecule has 0 aromatic rings. The van der Waals surface area contributed by atoms with Gasteiger partial charge < -0.3 is 4.74 Å². The van der Waals surface area contributed by atoms with Crippen LogP contribution in [0.5, 0.6) is 0 Å². The van der Waals surface area contributed by atoms with Crippen LogP contribution in [-0.2, 0) is 19.4 Å². The van der Waals surface area contributed by atoms with Gasteiger partial charge in [0.25, 0.3) is 0 Å². The maximum absolute atomic E-state index is 11.6. The minimum Gasteiger partial charge on any atom is -0.469 e. The van der Waals surface area contributed by atoms with E-state index in [2.05, 4.69) is 4.74 Å². The van der Waals surface area contributed by atoms with Gasteiger partial charge in [0.1, 0.15) is 0 Å². The van der Waals surface area contributed by atoms with Crippen LogP contribution < -0.4 is 0 Å². The Morgan fingerprint density at radius 1 is 1.29 bits per heavy atom. The van der Waals surface area contributed by atoms with E-state index in [1.165, 1.54) is 7.11 Å². The molecule has 0 fully saturated rings. The lowest BCUT2D eigenvalue weighted by Gasteiger charge is -2.18. The average Bonchev–Trinajstić information content (AvgIpc) is 2.01. The summed E-state index contributed by atoms with van der Waals surface area (Å²) in [4.78, 5) is 10.7. The third kappa shape index (κ3) is 4.09. The maximum Gasteiger partial charge on any atom is 0.305 e. The summed E-state index contributed by atoms with van der Waals surface area (Å²) in [6.45, 7) is 4.96. The second-order valence-electron chi connectivity index (χ2n) is 4.11. The van der Waals surface area contributed by atoms with E-state index in [4.69, 9.17) is 0 Å². The number of rotatable bonds is 4. The Kier molecular flexibility index (Phi) is 4.58. The molecule has 0 aliphatic heterocycles. The first kappa shape index (κ1) is 13.4. The SMILES string of the molecule is COC(=O)CCCS(=O)(=O)C(C)(C)C. The number of hydrogen-bond acceptors (Lipinski definition) is 4. The fourth-order valence-corrected chi connectivity index (χ4v) is 1.95. The number of methoxy groups -OCH3 is 1. The first-order valence-corrected chi connectivity index (χ1v) is 6.15. The van der Waals surface area contributed by atoms with E-state index in [1.807, 2.05) is 0 Å². The quantitative estimate of drug-likeness (QED) is 0.669. The molecule has 0 amide bonds. The van der Waals surface area contributed by atoms with Crippen LogP contribution in [0.2, 0.25) is 0 Å². The molecule has 0 bridgehead atoms. The zero-order chi connectivity index (χ0) is 11.4. The Bertz CT molecular complexity index is 284. The largest absolute Gasteiger partial charge is 0.469 e. The fourth-order valence-electron chi connectivity index (χ4n) is 0.815. The number of carbonyl (C=O) groups excluding carboxylic acids is 1. The lowest BCUT2D eigenvalue weighted by atomic mass is 10.3. The minimum absolute atomic E-state index is 0.0333. The number of hydrogen-bond donors (Lipinski definition) is 0. The monoisotopic (exact) mass is 222 g/mol. The summed E-state index contributed by atoms with van der Waals surface area (Å²) < 4.78 is 26.8. The molecule has 0 radical (unpaired) electrons. The molecule has 0 N–H and O–H groups in total. The van der Waals surface area contributed by atoms with E-state index in [0.29, 0.717) is 6.42 Å². The Hall–Kier alpha value is -0.580. The summed E-state index contributed by atoms with van der Waals surface area (Å²) in [7, 11) is -1.82. The molecule has 0 unspecified atom stereocenters. The van der Waals surface area contributed by atoms with Gasteiger partial charge in [-0.25, -0.2) is 8.42 Å². The molecule has 5 heteroatoms. The first-order valence-electron chi connectivity index (χ1n) is 4.50. The molecule has 0 saturated carbocycles. The summed E-state index contributed by atoms with van der Waals surface area (Å²) in [5.41, 5.74) is 0. The van der Waals surface area contributed by atoms with E-state index in [-0.39, 0.29) is 18.1 Å². The molecular weight excluding hydrogens is 204 g/mol. The van der Waals surface area contributed by atoms with Crippen molar-refractivity contribution >= 4 is 15.8 Å². The van der Waals surface area contributed by atoms with Gasteiger partial charge in [0, 0.05) is 6.42 Å². The smallest absolute Gasteiger partial charge is 0.305 e. The standard InChI is InChI=1S/C9H18O4S/c1-9(2,3)14(11,12)7-5-6-8(10)13-4/h5-7H2,1-4H3. The van der Waals surface area contributed by atoms with Crippen LogP contribution in [0, 0.1) is 0 Å². The number of esters is 1. The first-order chi connectivity index (χ1) is 6.20. The summed E-state index contributed by atoms with van der Waals surface area (Å²) in [6.07, 6.45) is 0.484. The molecule has 14 heavy (non-hydrogen) atoms. The molecule has 4 nitrogen and oxygen atoms in total. The lowest BCUT2D eigenvalue weighted by Crippen LogP contribution is -2.30. The van der Waals surface area contributed by atoms with E-state index < -0.39 is 14.6 Å². The number of sulfone groups is 1. The Labute approximate surface area is 85.6 Å². The molecule has 0 aliphatic carbocycles. The van der Waals surface area contributed by atoms with Gasteiger partial charge in [-0.1, -0.05) is 0 Å². The van der Waals surface area contributed by atoms with Crippen LogP contribution in [0.25, 0.3) is 0 Å². The minimum atomic E-state index is -3.11. The van der Waals surface area contributed by atoms with Crippen molar-refractivity contribution in [1.82, 2.24) is 0 Å². The molecule has 0 rings (SSSR count). The van der Waals surface area contributed by atoms with Gasteiger partial charge in [-0.15, -0.1) is 0 Å². The Morgan fingerprint density at radius 3 is 2.14 bits per heavy atom. The van der Waals surface area contributed by atoms with Crippen molar-refractivity contribution < 1.29 is 17.9 Å². The molecule has 0 spiro atoms. The zero-order valence-electron chi connectivity index (χ0n) is 9.16. The molecule has 0 saturated heterocycles. The predicted octanol–water partition coefficient (Wildman–Crippen LogP) is 1.15. The van der Waals surface area contributed by atoms with Gasteiger partial charge >= 0.3 is 5.97 Å². The molecule has 0 aromatic heterocycles. The van der Waals surface area contributed by atoms with Crippen molar-refractivity contribution in [2.75, 3.05) is 12.9 Å².